The van der Waals surface area contributed by atoms with E-state index in [1.807, 2.05) is 32.0 Å². The zero-order valence-electron chi connectivity index (χ0n) is 19.7. The lowest BCUT2D eigenvalue weighted by molar-refractivity contribution is -0.383. The minimum absolute atomic E-state index is 0.00623. The number of hydrogen-bond acceptors (Lipinski definition) is 7. The summed E-state index contributed by atoms with van der Waals surface area (Å²) in [5.74, 6) is 0.333. The van der Waals surface area contributed by atoms with E-state index in [4.69, 9.17) is 0 Å². The number of aryl methyl sites for hydroxylation is 2. The van der Waals surface area contributed by atoms with Crippen molar-refractivity contribution in [2.45, 2.75) is 13.8 Å². The summed E-state index contributed by atoms with van der Waals surface area (Å²) in [7, 11) is 0. The molecule has 0 bridgehead atoms. The molecule has 0 atom stereocenters. The number of benzene rings is 2. The quantitative estimate of drug-likeness (QED) is 0.394. The summed E-state index contributed by atoms with van der Waals surface area (Å²) >= 11 is 1.31. The third-order valence-electron chi connectivity index (χ3n) is 6.06. The summed E-state index contributed by atoms with van der Waals surface area (Å²) in [6.45, 7) is 6.31. The average molecular weight is 494 g/mol. The molecule has 2 aromatic carbocycles. The highest BCUT2D eigenvalue weighted by atomic mass is 32.2. The van der Waals surface area contributed by atoms with Crippen molar-refractivity contribution < 1.29 is 14.5 Å². The average Bonchev–Trinajstić information content (AvgIpc) is 2.85. The molecule has 0 aliphatic carbocycles. The number of carbonyl (C=O) groups is 2. The normalized spacial score (nSPS) is 13.7. The smallest absolute Gasteiger partial charge is 0.278 e. The molecule has 0 spiro atoms. The van der Waals surface area contributed by atoms with E-state index in [0.29, 0.717) is 31.6 Å². The second kappa shape index (κ2) is 10.7. The predicted octanol–water partition coefficient (Wildman–Crippen LogP) is 3.78. The largest absolute Gasteiger partial charge is 0.367 e. The summed E-state index contributed by atoms with van der Waals surface area (Å²) < 4.78 is 0. The first-order valence-electron chi connectivity index (χ1n) is 11.3. The van der Waals surface area contributed by atoms with Crippen LogP contribution in [0.3, 0.4) is 0 Å². The SMILES string of the molecule is Cc1ccc(NC(=O)CSCC(=O)N2CCN(c3ccc([N+](=O)[O-])c4cnccc34)CC2)c(C)c1. The van der Waals surface area contributed by atoms with Crippen LogP contribution >= 0.6 is 11.8 Å². The zero-order valence-corrected chi connectivity index (χ0v) is 20.5. The number of nitrogens with zero attached hydrogens (tertiary/aromatic N) is 4. The lowest BCUT2D eigenvalue weighted by Gasteiger charge is -2.36. The van der Waals surface area contributed by atoms with Crippen LogP contribution in [0.2, 0.25) is 0 Å². The van der Waals surface area contributed by atoms with Gasteiger partial charge in [0, 0.05) is 61.4 Å². The Labute approximate surface area is 207 Å². The second-order valence-electron chi connectivity index (χ2n) is 8.51. The van der Waals surface area contributed by atoms with Gasteiger partial charge in [-0.05, 0) is 37.6 Å². The Hall–Kier alpha value is -3.66. The zero-order chi connectivity index (χ0) is 24.9. The molecule has 182 valence electrons. The van der Waals surface area contributed by atoms with E-state index >= 15 is 0 Å². The van der Waals surface area contributed by atoms with Gasteiger partial charge >= 0.3 is 0 Å². The number of pyridine rings is 1. The molecular weight excluding hydrogens is 466 g/mol. The molecule has 0 radical (unpaired) electrons. The van der Waals surface area contributed by atoms with E-state index in [1.54, 1.807) is 23.2 Å². The van der Waals surface area contributed by atoms with Crippen LogP contribution in [0.5, 0.6) is 0 Å². The van der Waals surface area contributed by atoms with Crippen molar-refractivity contribution >= 4 is 51.4 Å². The molecule has 1 N–H and O–H groups in total. The van der Waals surface area contributed by atoms with Crippen LogP contribution in [0.25, 0.3) is 10.8 Å². The molecule has 35 heavy (non-hydrogen) atoms. The van der Waals surface area contributed by atoms with Gasteiger partial charge in [-0.15, -0.1) is 11.8 Å². The lowest BCUT2D eigenvalue weighted by Crippen LogP contribution is -2.49. The number of fused-ring (bicyclic) bond motifs is 1. The molecule has 1 saturated heterocycles. The first-order chi connectivity index (χ1) is 16.8. The van der Waals surface area contributed by atoms with Gasteiger partial charge in [-0.3, -0.25) is 24.7 Å². The highest BCUT2D eigenvalue weighted by Crippen LogP contribution is 2.33. The number of thioether (sulfide) groups is 1. The van der Waals surface area contributed by atoms with Crippen LogP contribution in [-0.2, 0) is 9.59 Å². The van der Waals surface area contributed by atoms with E-state index < -0.39 is 4.92 Å². The number of aromatic nitrogens is 1. The summed E-state index contributed by atoms with van der Waals surface area (Å²) in [6, 6.07) is 10.9. The van der Waals surface area contributed by atoms with Crippen LogP contribution < -0.4 is 10.2 Å². The summed E-state index contributed by atoms with van der Waals surface area (Å²) in [5, 5.41) is 15.5. The number of amides is 2. The second-order valence-corrected chi connectivity index (χ2v) is 9.49. The van der Waals surface area contributed by atoms with Crippen molar-refractivity contribution in [2.75, 3.05) is 47.9 Å². The number of nitro groups is 1. The van der Waals surface area contributed by atoms with Crippen molar-refractivity contribution in [1.82, 2.24) is 9.88 Å². The van der Waals surface area contributed by atoms with Crippen molar-refractivity contribution in [3.05, 3.63) is 70.0 Å². The van der Waals surface area contributed by atoms with Crippen molar-refractivity contribution in [1.29, 1.82) is 0 Å². The van der Waals surface area contributed by atoms with Gasteiger partial charge in [-0.25, -0.2) is 0 Å². The Bertz CT molecular complexity index is 1270. The molecule has 1 fully saturated rings. The summed E-state index contributed by atoms with van der Waals surface area (Å²) in [5.41, 5.74) is 3.87. The van der Waals surface area contributed by atoms with Gasteiger partial charge in [0.05, 0.1) is 21.8 Å². The number of anilines is 2. The standard InChI is InChI=1S/C25H27N5O4S/c1-17-3-4-21(18(2)13-17)27-24(31)15-35-16-25(32)29-11-9-28(10-12-29)22-5-6-23(30(33)34)20-14-26-8-7-19(20)22/h3-8,13-14H,9-12,15-16H2,1-2H3,(H,27,31). The maximum absolute atomic E-state index is 12.7. The highest BCUT2D eigenvalue weighted by molar-refractivity contribution is 8.00. The highest BCUT2D eigenvalue weighted by Gasteiger charge is 2.24. The number of rotatable bonds is 7. The van der Waals surface area contributed by atoms with Crippen LogP contribution in [0.15, 0.2) is 48.8 Å². The van der Waals surface area contributed by atoms with Crippen LogP contribution in [-0.4, -0.2) is 64.3 Å². The molecule has 4 rings (SSSR count). The first kappa shape index (κ1) is 24.5. The lowest BCUT2D eigenvalue weighted by atomic mass is 10.1. The van der Waals surface area contributed by atoms with Gasteiger partial charge in [0.15, 0.2) is 0 Å². The fraction of sp³-hybridized carbons (Fsp3) is 0.320. The van der Waals surface area contributed by atoms with E-state index in [1.165, 1.54) is 24.0 Å². The number of hydrogen-bond donors (Lipinski definition) is 1. The number of nitrogens with one attached hydrogen (secondary N) is 1. The van der Waals surface area contributed by atoms with Crippen LogP contribution in [0.1, 0.15) is 11.1 Å². The molecule has 1 aliphatic heterocycles. The Kier molecular flexibility index (Phi) is 7.50. The van der Waals surface area contributed by atoms with Gasteiger partial charge in [-0.1, -0.05) is 17.7 Å². The Morgan fingerprint density at radius 3 is 2.54 bits per heavy atom. The number of carbonyl (C=O) groups excluding carboxylic acids is 2. The minimum atomic E-state index is -0.399. The molecule has 3 aromatic rings. The molecule has 1 aromatic heterocycles. The molecule has 2 amide bonds. The Morgan fingerprint density at radius 1 is 1.06 bits per heavy atom. The van der Waals surface area contributed by atoms with Gasteiger partial charge in [0.1, 0.15) is 0 Å². The topological polar surface area (TPSA) is 109 Å². The van der Waals surface area contributed by atoms with Gasteiger partial charge in [-0.2, -0.15) is 0 Å². The third kappa shape index (κ3) is 5.71. The van der Waals surface area contributed by atoms with Crippen molar-refractivity contribution in [3.8, 4) is 0 Å². The molecule has 9 nitrogen and oxygen atoms in total. The van der Waals surface area contributed by atoms with E-state index in [2.05, 4.69) is 15.2 Å². The molecule has 0 unspecified atom stereocenters. The predicted molar refractivity (Wildman–Crippen MR) is 139 cm³/mol. The van der Waals surface area contributed by atoms with E-state index in [0.717, 1.165) is 27.9 Å². The number of nitro benzene ring substituents is 1. The minimum Gasteiger partial charge on any atom is -0.367 e. The van der Waals surface area contributed by atoms with Crippen LogP contribution in [0, 0.1) is 24.0 Å². The summed E-state index contributed by atoms with van der Waals surface area (Å²) in [4.78, 5) is 43.9. The maximum Gasteiger partial charge on any atom is 0.278 e. The molecule has 0 saturated carbocycles. The maximum atomic E-state index is 12.7. The summed E-state index contributed by atoms with van der Waals surface area (Å²) in [6.07, 6.45) is 3.15. The molecule has 2 heterocycles. The van der Waals surface area contributed by atoms with Crippen LogP contribution in [0.4, 0.5) is 17.1 Å². The Balaban J connectivity index is 1.28. The first-order valence-corrected chi connectivity index (χ1v) is 12.5. The van der Waals surface area contributed by atoms with E-state index in [9.17, 15) is 19.7 Å². The fourth-order valence-electron chi connectivity index (χ4n) is 4.25. The molecule has 10 heteroatoms. The molecule has 1 aliphatic rings. The number of piperazine rings is 1. The van der Waals surface area contributed by atoms with Gasteiger partial charge < -0.3 is 15.1 Å². The Morgan fingerprint density at radius 2 is 1.83 bits per heavy atom. The number of non-ortho nitro benzene ring substituents is 1. The van der Waals surface area contributed by atoms with Crippen molar-refractivity contribution in [2.24, 2.45) is 0 Å². The van der Waals surface area contributed by atoms with Gasteiger partial charge in [0.25, 0.3) is 5.69 Å². The fourth-order valence-corrected chi connectivity index (χ4v) is 4.97. The van der Waals surface area contributed by atoms with E-state index in [-0.39, 0.29) is 29.0 Å². The third-order valence-corrected chi connectivity index (χ3v) is 6.97. The van der Waals surface area contributed by atoms with Gasteiger partial charge in [0.2, 0.25) is 11.8 Å². The van der Waals surface area contributed by atoms with Crippen molar-refractivity contribution in [3.63, 3.8) is 0 Å². The monoisotopic (exact) mass is 493 g/mol. The molecular formula is C25H27N5O4S.